The minimum absolute atomic E-state index is 0. The molecular weight excluding hydrogens is 605 g/mol. The Hall–Kier alpha value is 5.04. The molecule has 0 aliphatic heterocycles. The minimum atomic E-state index is -5.39. The van der Waals surface area contributed by atoms with Crippen molar-refractivity contribution in [3.8, 4) is 0 Å². The van der Waals surface area contributed by atoms with Gasteiger partial charge in [0.2, 0.25) is 0 Å². The van der Waals surface area contributed by atoms with Crippen LogP contribution in [0.1, 0.15) is 0 Å². The van der Waals surface area contributed by atoms with E-state index in [0.29, 0.717) is 0 Å². The van der Waals surface area contributed by atoms with Gasteiger partial charge < -0.3 is 77.0 Å². The van der Waals surface area contributed by atoms with Crippen LogP contribution in [0.25, 0.3) is 0 Å². The summed E-state index contributed by atoms with van der Waals surface area (Å²) in [6.45, 7) is 0. The maximum absolute atomic E-state index is 8.55. The molecule has 0 rings (SSSR count). The van der Waals surface area contributed by atoms with Crippen molar-refractivity contribution in [1.82, 2.24) is 0 Å². The van der Waals surface area contributed by atoms with Crippen LogP contribution in [0, 0.1) is 0 Å². The van der Waals surface area contributed by atoms with E-state index in [1.54, 1.807) is 0 Å². The molecule has 0 fully saturated rings. The van der Waals surface area contributed by atoms with E-state index in [2.05, 4.69) is 0 Å². The maximum Gasteiger partial charge on any atom is 3.00 e. The van der Waals surface area contributed by atoms with E-state index in [-0.39, 0.29) is 142 Å². The zero-order chi connectivity index (χ0) is 18.0. The quantitative estimate of drug-likeness (QED) is 0.183. The first-order valence-corrected chi connectivity index (χ1v) is 8.76. The molecule has 0 aliphatic rings. The van der Waals surface area contributed by atoms with Crippen molar-refractivity contribution in [2.75, 3.05) is 0 Å². The van der Waals surface area contributed by atoms with Gasteiger partial charge in [0.1, 0.15) is 0 Å². The van der Waals surface area contributed by atoms with Crippen molar-refractivity contribution < 1.29 is 141 Å². The Labute approximate surface area is 246 Å². The molecule has 0 atom stereocenters. The molecule has 0 bridgehead atoms. The Kier molecular flexibility index (Phi) is 73.1. The summed E-state index contributed by atoms with van der Waals surface area (Å²) in [7, 11) is -21.6. The molecule has 139 valence electrons. The Balaban J connectivity index is -0.0000000152. The molecule has 0 N–H and O–H groups in total. The zero-order valence-corrected chi connectivity index (χ0v) is 24.7. The molecule has 0 aliphatic carbocycles. The molecule has 16 nitrogen and oxygen atoms in total. The van der Waals surface area contributed by atoms with Crippen molar-refractivity contribution in [2.24, 2.45) is 0 Å². The Morgan fingerprint density at radius 1 is 0.462 bits per heavy atom. The van der Waals surface area contributed by atoms with Crippen LogP contribution in [0.4, 0.5) is 0 Å². The molecule has 26 heavy (non-hydrogen) atoms. The molecule has 1 radical (unpaired) electrons. The van der Waals surface area contributed by atoms with Crippen LogP contribution < -0.4 is 88.3 Å². The van der Waals surface area contributed by atoms with Gasteiger partial charge >= 0.3 is 142 Å². The first kappa shape index (κ1) is 63.3. The third-order valence-corrected chi connectivity index (χ3v) is 0. The van der Waals surface area contributed by atoms with Crippen LogP contribution in [0.15, 0.2) is 0 Å². The van der Waals surface area contributed by atoms with Crippen LogP contribution in [0.3, 0.4) is 0 Å². The fraction of sp³-hybridized carbons (Fsp3) is 0. The summed E-state index contributed by atoms with van der Waals surface area (Å²) in [6, 6.07) is 0. The molecule has 0 saturated carbocycles. The third kappa shape index (κ3) is 900. The van der Waals surface area contributed by atoms with Gasteiger partial charge in [-0.1, -0.05) is 0 Å². The van der Waals surface area contributed by atoms with Crippen LogP contribution in [0.5, 0.6) is 0 Å². The summed E-state index contributed by atoms with van der Waals surface area (Å²) < 4.78 is 34.2. The summed E-state index contributed by atoms with van der Waals surface area (Å²) in [4.78, 5) is 103. The topological polar surface area (TPSA) is 345 Å². The van der Waals surface area contributed by atoms with Crippen LogP contribution in [-0.4, -0.2) is 78.2 Å². The standard InChI is InChI=1S/Al.Ca.Fe.Mg.Mn.Na.4H3O4P/c;;;;;;4*1-5(2,3)4/h;;;;;;4*(H3,1,2,3,4)/q+3;4*+2;+1;;;;/p-12. The molecule has 0 amide bonds. The normalized spacial score (nSPS) is 9.08. The third-order valence-electron chi connectivity index (χ3n) is 0. The second kappa shape index (κ2) is 30.0. The van der Waals surface area contributed by atoms with Gasteiger partial charge in [-0.3, -0.25) is 0 Å². The van der Waals surface area contributed by atoms with E-state index < -0.39 is 31.3 Å². The van der Waals surface area contributed by atoms with Crippen molar-refractivity contribution >= 4 is 109 Å². The smallest absolute Gasteiger partial charge is 0.822 e. The fourth-order valence-electron chi connectivity index (χ4n) is 0. The molecular formula is AlCaFeMgMnNaO16P4. The number of rotatable bonds is 0. The van der Waals surface area contributed by atoms with Gasteiger partial charge in [0.05, 0.1) is 0 Å². The summed E-state index contributed by atoms with van der Waals surface area (Å²) >= 11 is 0. The summed E-state index contributed by atoms with van der Waals surface area (Å²) in [5, 5.41) is 0. The molecule has 0 aromatic heterocycles. The predicted octanol–water partition coefficient (Wildman–Crippen LogP) is -15.4. The molecule has 0 aromatic carbocycles. The first-order chi connectivity index (χ1) is 8.00. The van der Waals surface area contributed by atoms with E-state index in [9.17, 15) is 0 Å². The van der Waals surface area contributed by atoms with E-state index in [0.717, 1.165) is 0 Å². The van der Waals surface area contributed by atoms with Crippen LogP contribution in [-0.2, 0) is 52.4 Å². The second-order valence-electron chi connectivity index (χ2n) is 1.79. The van der Waals surface area contributed by atoms with Gasteiger partial charge in [0.15, 0.2) is 0 Å². The number of hydrogen-bond acceptors (Lipinski definition) is 16. The van der Waals surface area contributed by atoms with Crippen molar-refractivity contribution in [2.45, 2.75) is 0 Å². The van der Waals surface area contributed by atoms with Crippen molar-refractivity contribution in [3.05, 3.63) is 0 Å². The minimum Gasteiger partial charge on any atom is -0.822 e. The van der Waals surface area contributed by atoms with Crippen molar-refractivity contribution in [1.29, 1.82) is 0 Å². The van der Waals surface area contributed by atoms with Gasteiger partial charge in [-0.05, 0) is 0 Å². The average Bonchev–Trinajstić information content (AvgIpc) is 1.62. The summed E-state index contributed by atoms with van der Waals surface area (Å²) in [6.07, 6.45) is 0. The van der Waals surface area contributed by atoms with E-state index in [4.69, 9.17) is 77.0 Å². The predicted molar refractivity (Wildman–Crippen MR) is 47.7 cm³/mol. The number of hydrogen-bond donors (Lipinski definition) is 0. The largest absolute Gasteiger partial charge is 3.00 e. The van der Waals surface area contributed by atoms with E-state index in [1.807, 2.05) is 0 Å². The van der Waals surface area contributed by atoms with Gasteiger partial charge in [0, 0.05) is 0 Å². The van der Waals surface area contributed by atoms with Gasteiger partial charge in [0.25, 0.3) is 0 Å². The van der Waals surface area contributed by atoms with Crippen molar-refractivity contribution in [3.63, 3.8) is 0 Å². The molecule has 0 heterocycles. The molecule has 0 aromatic rings. The van der Waals surface area contributed by atoms with E-state index in [1.165, 1.54) is 0 Å². The first-order valence-electron chi connectivity index (χ1n) is 2.92. The van der Waals surface area contributed by atoms with Gasteiger partial charge in [-0.25, -0.2) is 0 Å². The zero-order valence-electron chi connectivity index (χ0n) is 12.0. The Morgan fingerprint density at radius 2 is 0.462 bits per heavy atom. The van der Waals surface area contributed by atoms with Gasteiger partial charge in [-0.15, -0.1) is 0 Å². The Bertz CT molecular complexity index is 315. The Morgan fingerprint density at radius 3 is 0.462 bits per heavy atom. The second-order valence-corrected chi connectivity index (χ2v) is 5.37. The van der Waals surface area contributed by atoms with Crippen LogP contribution in [0.2, 0.25) is 0 Å². The molecule has 0 unspecified atom stereocenters. The SMILES string of the molecule is O=P([O-])([O-])[O-].O=P([O-])([O-])[O-].O=P([O-])([O-])[O-].O=P([O-])([O-])[O-].[Al+3].[Ca+2].[Fe+2].[Mg+2].[Mn+2].[Na+]. The molecule has 26 heteroatoms. The molecule has 0 spiro atoms. The maximum atomic E-state index is 8.55. The molecule has 0 saturated heterocycles. The van der Waals surface area contributed by atoms with Gasteiger partial charge in [-0.2, -0.15) is 31.3 Å². The monoisotopic (exact) mass is 605 g/mol. The summed E-state index contributed by atoms with van der Waals surface area (Å²) in [5.41, 5.74) is 0. The summed E-state index contributed by atoms with van der Waals surface area (Å²) in [5.74, 6) is 0. The van der Waals surface area contributed by atoms with Crippen LogP contribution >= 0.6 is 31.3 Å². The fourth-order valence-corrected chi connectivity index (χ4v) is 0. The average molecular weight is 605 g/mol. The van der Waals surface area contributed by atoms with E-state index >= 15 is 0 Å². The number of phosphoric acid groups is 4.